The van der Waals surface area contributed by atoms with E-state index in [4.69, 9.17) is 27.9 Å². The van der Waals surface area contributed by atoms with Crippen LogP contribution in [0.1, 0.15) is 11.1 Å². The van der Waals surface area contributed by atoms with E-state index in [1.54, 1.807) is 30.3 Å². The van der Waals surface area contributed by atoms with Crippen LogP contribution in [-0.4, -0.2) is 26.6 Å². The quantitative estimate of drug-likeness (QED) is 0.768. The van der Waals surface area contributed by atoms with E-state index in [0.29, 0.717) is 23.1 Å². The van der Waals surface area contributed by atoms with Gasteiger partial charge in [0, 0.05) is 22.2 Å². The fraction of sp³-hybridized carbons (Fsp3) is 0.278. The summed E-state index contributed by atoms with van der Waals surface area (Å²) in [7, 11) is 3.30. The summed E-state index contributed by atoms with van der Waals surface area (Å²) >= 11 is 11.9. The highest BCUT2D eigenvalue weighted by atomic mass is 35.5. The van der Waals surface area contributed by atoms with Crippen LogP contribution in [0.3, 0.4) is 0 Å². The van der Waals surface area contributed by atoms with Crippen molar-refractivity contribution >= 4 is 29.1 Å². The lowest BCUT2D eigenvalue weighted by Gasteiger charge is -2.15. The average molecular weight is 386 g/mol. The largest absolute Gasteiger partial charge is 0.494 e. The SMILES string of the molecule is COc1ccc(C[NH+](C)CC(=O)NCc2ccc(Cl)cc2Cl)cc1F. The highest BCUT2D eigenvalue weighted by Crippen LogP contribution is 2.20. The van der Waals surface area contributed by atoms with Gasteiger partial charge in [-0.15, -0.1) is 0 Å². The van der Waals surface area contributed by atoms with E-state index in [-0.39, 0.29) is 18.2 Å². The minimum absolute atomic E-state index is 0.113. The summed E-state index contributed by atoms with van der Waals surface area (Å²) in [5, 5.41) is 3.89. The molecule has 4 nitrogen and oxygen atoms in total. The van der Waals surface area contributed by atoms with E-state index < -0.39 is 5.82 Å². The number of rotatable bonds is 7. The number of nitrogens with one attached hydrogen (secondary N) is 2. The summed E-state index contributed by atoms with van der Waals surface area (Å²) in [6.07, 6.45) is 0. The minimum Gasteiger partial charge on any atom is -0.494 e. The molecule has 0 bridgehead atoms. The van der Waals surface area contributed by atoms with Gasteiger partial charge in [-0.05, 0) is 35.9 Å². The van der Waals surface area contributed by atoms with Crippen LogP contribution in [0.2, 0.25) is 10.0 Å². The molecule has 0 aliphatic heterocycles. The number of hydrogen-bond acceptors (Lipinski definition) is 2. The maximum atomic E-state index is 13.7. The second kappa shape index (κ2) is 9.04. The summed E-state index contributed by atoms with van der Waals surface area (Å²) in [4.78, 5) is 13.0. The van der Waals surface area contributed by atoms with Gasteiger partial charge in [-0.25, -0.2) is 4.39 Å². The number of quaternary nitrogens is 1. The number of halogens is 3. The summed E-state index contributed by atoms with van der Waals surface area (Å²) in [6.45, 7) is 1.12. The summed E-state index contributed by atoms with van der Waals surface area (Å²) < 4.78 is 18.6. The predicted molar refractivity (Wildman–Crippen MR) is 96.7 cm³/mol. The molecule has 134 valence electrons. The number of ether oxygens (including phenoxy) is 1. The first-order valence-electron chi connectivity index (χ1n) is 7.73. The van der Waals surface area contributed by atoms with Gasteiger partial charge >= 0.3 is 0 Å². The molecule has 0 saturated heterocycles. The molecule has 2 N–H and O–H groups in total. The van der Waals surface area contributed by atoms with Crippen molar-refractivity contribution in [2.45, 2.75) is 13.1 Å². The number of likely N-dealkylation sites (N-methyl/N-ethyl adjacent to an activating group) is 1. The molecule has 0 aliphatic rings. The number of benzene rings is 2. The molecule has 0 fully saturated rings. The number of methoxy groups -OCH3 is 1. The first-order valence-corrected chi connectivity index (χ1v) is 8.49. The zero-order valence-corrected chi connectivity index (χ0v) is 15.5. The van der Waals surface area contributed by atoms with Crippen molar-refractivity contribution in [1.82, 2.24) is 5.32 Å². The van der Waals surface area contributed by atoms with Crippen molar-refractivity contribution < 1.29 is 18.8 Å². The van der Waals surface area contributed by atoms with Crippen LogP contribution in [-0.2, 0) is 17.9 Å². The molecule has 0 radical (unpaired) electrons. The van der Waals surface area contributed by atoms with E-state index in [0.717, 1.165) is 16.0 Å². The number of carbonyl (C=O) groups excluding carboxylic acids is 1. The van der Waals surface area contributed by atoms with Gasteiger partial charge in [0.15, 0.2) is 18.1 Å². The third-order valence-electron chi connectivity index (χ3n) is 3.68. The molecule has 0 aliphatic carbocycles. The standard InChI is InChI=1S/C18H19Cl2FN2O2/c1-23(10-12-3-6-17(25-2)16(21)7-12)11-18(24)22-9-13-4-5-14(19)8-15(13)20/h3-8H,9-11H2,1-2H3,(H,22,24)/p+1. The van der Waals surface area contributed by atoms with Gasteiger partial charge in [0.2, 0.25) is 0 Å². The van der Waals surface area contributed by atoms with Gasteiger partial charge in [0.1, 0.15) is 6.54 Å². The van der Waals surface area contributed by atoms with Crippen LogP contribution in [0.4, 0.5) is 4.39 Å². The molecule has 0 saturated carbocycles. The monoisotopic (exact) mass is 385 g/mol. The van der Waals surface area contributed by atoms with Crippen molar-refractivity contribution in [3.63, 3.8) is 0 Å². The van der Waals surface area contributed by atoms with Gasteiger partial charge in [-0.2, -0.15) is 0 Å². The second-order valence-electron chi connectivity index (χ2n) is 5.79. The molecular formula is C18H20Cl2FN2O2+. The second-order valence-corrected chi connectivity index (χ2v) is 6.64. The third-order valence-corrected chi connectivity index (χ3v) is 4.26. The molecule has 0 heterocycles. The van der Waals surface area contributed by atoms with E-state index in [1.165, 1.54) is 13.2 Å². The molecule has 1 amide bonds. The van der Waals surface area contributed by atoms with Gasteiger partial charge in [-0.1, -0.05) is 29.3 Å². The van der Waals surface area contributed by atoms with Crippen molar-refractivity contribution in [1.29, 1.82) is 0 Å². The number of carbonyl (C=O) groups is 1. The lowest BCUT2D eigenvalue weighted by Crippen LogP contribution is -3.08. The Morgan fingerprint density at radius 2 is 2.00 bits per heavy atom. The van der Waals surface area contributed by atoms with E-state index in [1.807, 2.05) is 7.05 Å². The molecular weight excluding hydrogens is 366 g/mol. The van der Waals surface area contributed by atoms with Crippen LogP contribution in [0, 0.1) is 5.82 Å². The topological polar surface area (TPSA) is 42.8 Å². The molecule has 2 rings (SSSR count). The number of hydrogen-bond donors (Lipinski definition) is 2. The molecule has 0 spiro atoms. The van der Waals surface area contributed by atoms with Gasteiger partial charge in [-0.3, -0.25) is 4.79 Å². The highest BCUT2D eigenvalue weighted by Gasteiger charge is 2.13. The Morgan fingerprint density at radius 3 is 2.64 bits per heavy atom. The summed E-state index contributed by atoms with van der Waals surface area (Å²) in [5.74, 6) is -0.314. The molecule has 1 unspecified atom stereocenters. The highest BCUT2D eigenvalue weighted by molar-refractivity contribution is 6.35. The molecule has 2 aromatic rings. The van der Waals surface area contributed by atoms with Gasteiger partial charge in [0.25, 0.3) is 5.91 Å². The first kappa shape index (κ1) is 19.5. The maximum absolute atomic E-state index is 13.7. The molecule has 2 aromatic carbocycles. The van der Waals surface area contributed by atoms with Crippen LogP contribution in [0.15, 0.2) is 36.4 Å². The van der Waals surface area contributed by atoms with E-state index in [2.05, 4.69) is 5.32 Å². The van der Waals surface area contributed by atoms with Crippen LogP contribution in [0.25, 0.3) is 0 Å². The van der Waals surface area contributed by atoms with Crippen molar-refractivity contribution in [3.8, 4) is 5.75 Å². The fourth-order valence-corrected chi connectivity index (χ4v) is 2.90. The Morgan fingerprint density at radius 1 is 1.24 bits per heavy atom. The molecule has 7 heteroatoms. The van der Waals surface area contributed by atoms with Crippen LogP contribution in [0.5, 0.6) is 5.75 Å². The Bertz CT molecular complexity index is 756. The van der Waals surface area contributed by atoms with Crippen molar-refractivity contribution in [2.75, 3.05) is 20.7 Å². The maximum Gasteiger partial charge on any atom is 0.275 e. The lowest BCUT2D eigenvalue weighted by atomic mass is 10.2. The number of amides is 1. The lowest BCUT2D eigenvalue weighted by molar-refractivity contribution is -0.885. The average Bonchev–Trinajstić information content (AvgIpc) is 2.54. The Kier molecular flexibility index (Phi) is 7.05. The Labute approximate surface area is 156 Å². The zero-order chi connectivity index (χ0) is 18.4. The van der Waals surface area contributed by atoms with Crippen LogP contribution < -0.4 is 15.0 Å². The Balaban J connectivity index is 1.84. The Hall–Kier alpha value is -1.82. The van der Waals surface area contributed by atoms with Gasteiger partial charge in [0.05, 0.1) is 14.2 Å². The van der Waals surface area contributed by atoms with Crippen molar-refractivity contribution in [3.05, 3.63) is 63.4 Å². The molecule has 0 aromatic heterocycles. The van der Waals surface area contributed by atoms with Crippen molar-refractivity contribution in [2.24, 2.45) is 0 Å². The summed E-state index contributed by atoms with van der Waals surface area (Å²) in [5.41, 5.74) is 1.60. The zero-order valence-electron chi connectivity index (χ0n) is 14.0. The van der Waals surface area contributed by atoms with Gasteiger partial charge < -0.3 is 15.0 Å². The summed E-state index contributed by atoms with van der Waals surface area (Å²) in [6, 6.07) is 9.94. The van der Waals surface area contributed by atoms with Crippen LogP contribution >= 0.6 is 23.2 Å². The van der Waals surface area contributed by atoms with E-state index >= 15 is 0 Å². The van der Waals surface area contributed by atoms with E-state index in [9.17, 15) is 9.18 Å². The predicted octanol–water partition coefficient (Wildman–Crippen LogP) is 2.47. The normalized spacial score (nSPS) is 11.9. The fourth-order valence-electron chi connectivity index (χ4n) is 2.43. The first-order chi connectivity index (χ1) is 11.9. The third kappa shape index (κ3) is 5.88. The minimum atomic E-state index is -0.408. The molecule has 1 atom stereocenters. The molecule has 25 heavy (non-hydrogen) atoms. The smallest absolute Gasteiger partial charge is 0.275 e.